The summed E-state index contributed by atoms with van der Waals surface area (Å²) in [4.78, 5) is 3.21. The SMILES string of the molecule is C=CC(C)(C)[C@@H](C)C(=S)N(C)c1cc2ccc1CCc1ccc(cc1)CC2. The van der Waals surface area contributed by atoms with Gasteiger partial charge >= 0.3 is 0 Å². The quantitative estimate of drug-likeness (QED) is 0.462. The Morgan fingerprint density at radius 3 is 2.11 bits per heavy atom. The summed E-state index contributed by atoms with van der Waals surface area (Å²) >= 11 is 5.91. The van der Waals surface area contributed by atoms with E-state index in [1.165, 1.54) is 27.9 Å². The Morgan fingerprint density at radius 2 is 1.52 bits per heavy atom. The van der Waals surface area contributed by atoms with E-state index < -0.39 is 0 Å². The molecule has 2 heteroatoms. The van der Waals surface area contributed by atoms with Gasteiger partial charge in [-0.25, -0.2) is 0 Å². The van der Waals surface area contributed by atoms with Gasteiger partial charge in [0.15, 0.2) is 0 Å². The average Bonchev–Trinajstić information content (AvgIpc) is 2.68. The summed E-state index contributed by atoms with van der Waals surface area (Å²) in [5.74, 6) is 0.247. The minimum Gasteiger partial charge on any atom is -0.339 e. The maximum absolute atomic E-state index is 5.91. The lowest BCUT2D eigenvalue weighted by Gasteiger charge is -2.34. The topological polar surface area (TPSA) is 3.24 Å². The highest BCUT2D eigenvalue weighted by Gasteiger charge is 2.28. The number of anilines is 1. The van der Waals surface area contributed by atoms with Crippen molar-refractivity contribution in [2.75, 3.05) is 11.9 Å². The van der Waals surface area contributed by atoms with Crippen molar-refractivity contribution < 1.29 is 0 Å². The smallest absolute Gasteiger partial charge is 0.0858 e. The Balaban J connectivity index is 1.93. The molecule has 0 heterocycles. The maximum atomic E-state index is 5.91. The van der Waals surface area contributed by atoms with Crippen molar-refractivity contribution in [2.24, 2.45) is 11.3 Å². The van der Waals surface area contributed by atoms with E-state index in [4.69, 9.17) is 12.2 Å². The molecule has 4 aliphatic rings. The third-order valence-corrected chi connectivity index (χ3v) is 6.89. The Hall–Kier alpha value is -1.93. The summed E-state index contributed by atoms with van der Waals surface area (Å²) in [6, 6.07) is 16.1. The van der Waals surface area contributed by atoms with Gasteiger partial charge in [-0.15, -0.1) is 6.58 Å². The third kappa shape index (κ3) is 4.32. The molecule has 0 aliphatic heterocycles. The highest BCUT2D eigenvalue weighted by atomic mass is 32.1. The molecule has 4 bridgehead atoms. The minimum absolute atomic E-state index is 0.0226. The van der Waals surface area contributed by atoms with Crippen molar-refractivity contribution in [2.45, 2.75) is 46.5 Å². The first-order chi connectivity index (χ1) is 12.8. The van der Waals surface area contributed by atoms with Crippen LogP contribution in [-0.2, 0) is 25.7 Å². The Labute approximate surface area is 170 Å². The van der Waals surface area contributed by atoms with Gasteiger partial charge in [-0.2, -0.15) is 0 Å². The molecule has 0 unspecified atom stereocenters. The van der Waals surface area contributed by atoms with Crippen molar-refractivity contribution >= 4 is 22.9 Å². The van der Waals surface area contributed by atoms with Crippen molar-refractivity contribution in [3.05, 3.63) is 77.4 Å². The molecule has 0 N–H and O–H groups in total. The Bertz CT molecular complexity index is 832. The monoisotopic (exact) mass is 377 g/mol. The first kappa shape index (κ1) is 19.8. The molecular weight excluding hydrogens is 346 g/mol. The zero-order chi connectivity index (χ0) is 19.6. The van der Waals surface area contributed by atoms with E-state index in [9.17, 15) is 0 Å². The zero-order valence-electron chi connectivity index (χ0n) is 17.1. The van der Waals surface area contributed by atoms with Crippen LogP contribution in [0.5, 0.6) is 0 Å². The highest BCUT2D eigenvalue weighted by molar-refractivity contribution is 7.80. The van der Waals surface area contributed by atoms with Gasteiger partial charge in [-0.3, -0.25) is 0 Å². The van der Waals surface area contributed by atoms with Crippen LogP contribution in [0.4, 0.5) is 5.69 Å². The Kier molecular flexibility index (Phi) is 5.86. The largest absolute Gasteiger partial charge is 0.339 e. The predicted octanol–water partition coefficient (Wildman–Crippen LogP) is 6.18. The van der Waals surface area contributed by atoms with Crippen molar-refractivity contribution in [1.82, 2.24) is 0 Å². The van der Waals surface area contributed by atoms with Crippen LogP contribution in [-0.4, -0.2) is 12.0 Å². The second-order valence-corrected chi connectivity index (χ2v) is 8.84. The lowest BCUT2D eigenvalue weighted by molar-refractivity contribution is 0.391. The van der Waals surface area contributed by atoms with E-state index in [-0.39, 0.29) is 11.3 Å². The molecule has 0 aromatic heterocycles. The van der Waals surface area contributed by atoms with Gasteiger partial charge in [-0.05, 0) is 59.4 Å². The third-order valence-electron chi connectivity index (χ3n) is 6.26. The fraction of sp³-hybridized carbons (Fsp3) is 0.400. The molecule has 0 saturated heterocycles. The number of aryl methyl sites for hydroxylation is 4. The number of nitrogens with zero attached hydrogens (tertiary/aromatic N) is 1. The summed E-state index contributed by atoms with van der Waals surface area (Å²) in [7, 11) is 2.13. The van der Waals surface area contributed by atoms with Gasteiger partial charge in [0.25, 0.3) is 0 Å². The van der Waals surface area contributed by atoms with Crippen LogP contribution in [0.15, 0.2) is 55.1 Å². The minimum atomic E-state index is -0.0226. The van der Waals surface area contributed by atoms with E-state index >= 15 is 0 Å². The van der Waals surface area contributed by atoms with E-state index in [1.54, 1.807) is 0 Å². The predicted molar refractivity (Wildman–Crippen MR) is 122 cm³/mol. The summed E-state index contributed by atoms with van der Waals surface area (Å²) in [5.41, 5.74) is 6.81. The van der Waals surface area contributed by atoms with Crippen LogP contribution in [0.3, 0.4) is 0 Å². The molecule has 2 aromatic carbocycles. The van der Waals surface area contributed by atoms with Crippen molar-refractivity contribution in [3.8, 4) is 0 Å². The van der Waals surface area contributed by atoms with Crippen LogP contribution in [0.1, 0.15) is 43.0 Å². The highest BCUT2D eigenvalue weighted by Crippen LogP contribution is 2.33. The second-order valence-electron chi connectivity index (χ2n) is 8.42. The van der Waals surface area contributed by atoms with Gasteiger partial charge in [0, 0.05) is 18.7 Å². The van der Waals surface area contributed by atoms with Crippen LogP contribution in [0.25, 0.3) is 0 Å². The summed E-state index contributed by atoms with van der Waals surface area (Å²) in [6.45, 7) is 10.6. The molecule has 27 heavy (non-hydrogen) atoms. The number of benzene rings is 2. The van der Waals surface area contributed by atoms with Crippen LogP contribution in [0.2, 0.25) is 0 Å². The number of allylic oxidation sites excluding steroid dienone is 1. The molecule has 0 radical (unpaired) electrons. The molecule has 4 aliphatic carbocycles. The zero-order valence-corrected chi connectivity index (χ0v) is 17.9. The molecule has 142 valence electrons. The number of hydrogen-bond acceptors (Lipinski definition) is 1. The lowest BCUT2D eigenvalue weighted by atomic mass is 9.79. The molecule has 1 nitrogen and oxygen atoms in total. The van der Waals surface area contributed by atoms with E-state index in [1.807, 2.05) is 6.08 Å². The van der Waals surface area contributed by atoms with Crippen LogP contribution >= 0.6 is 12.2 Å². The number of thiocarbonyl (C=S) groups is 1. The molecule has 0 spiro atoms. The first-order valence-electron chi connectivity index (χ1n) is 9.92. The Morgan fingerprint density at radius 1 is 1.00 bits per heavy atom. The van der Waals surface area contributed by atoms with Crippen molar-refractivity contribution in [3.63, 3.8) is 0 Å². The van der Waals surface area contributed by atoms with Gasteiger partial charge in [0.05, 0.1) is 4.99 Å². The van der Waals surface area contributed by atoms with E-state index in [2.05, 4.69) is 81.8 Å². The molecule has 0 fully saturated rings. The summed E-state index contributed by atoms with van der Waals surface area (Å²) in [6.07, 6.45) is 6.24. The molecule has 1 atom stereocenters. The normalized spacial score (nSPS) is 15.0. The number of rotatable bonds is 4. The molecule has 2 aromatic rings. The molecular formula is C25H31NS. The summed E-state index contributed by atoms with van der Waals surface area (Å²) in [5, 5.41) is 0. The fourth-order valence-corrected chi connectivity index (χ4v) is 4.04. The number of hydrogen-bond donors (Lipinski definition) is 0. The average molecular weight is 378 g/mol. The van der Waals surface area contributed by atoms with E-state index in [0.717, 1.165) is 30.7 Å². The van der Waals surface area contributed by atoms with Crippen LogP contribution < -0.4 is 4.90 Å². The molecule has 6 rings (SSSR count). The van der Waals surface area contributed by atoms with Gasteiger partial charge < -0.3 is 4.90 Å². The maximum Gasteiger partial charge on any atom is 0.0858 e. The van der Waals surface area contributed by atoms with Gasteiger partial charge in [0.1, 0.15) is 0 Å². The lowest BCUT2D eigenvalue weighted by Crippen LogP contribution is -2.37. The fourth-order valence-electron chi connectivity index (χ4n) is 3.63. The van der Waals surface area contributed by atoms with Gasteiger partial charge in [0.2, 0.25) is 0 Å². The van der Waals surface area contributed by atoms with E-state index in [0.29, 0.717) is 0 Å². The second kappa shape index (κ2) is 7.98. The molecule has 0 amide bonds. The van der Waals surface area contributed by atoms with Crippen LogP contribution in [0, 0.1) is 11.3 Å². The first-order valence-corrected chi connectivity index (χ1v) is 10.3. The molecule has 0 saturated carbocycles. The summed E-state index contributed by atoms with van der Waals surface area (Å²) < 4.78 is 0. The van der Waals surface area contributed by atoms with Gasteiger partial charge in [-0.1, -0.05) is 75.5 Å². The van der Waals surface area contributed by atoms with Crippen molar-refractivity contribution in [1.29, 1.82) is 0 Å². The standard InChI is InChI=1S/C25H31NS/c1-6-25(3,4)18(2)24(27)26(5)23-17-21-12-11-19-7-9-20(10-8-19)13-15-22(23)16-14-21/h6-10,14,16-18H,1,11-13,15H2,2-5H3/t18-/m0/s1.